The maximum absolute atomic E-state index is 8.73. The number of hydrogen-bond donors (Lipinski definition) is 1. The zero-order valence-corrected chi connectivity index (χ0v) is 8.55. The van der Waals surface area contributed by atoms with E-state index in [9.17, 15) is 0 Å². The van der Waals surface area contributed by atoms with Gasteiger partial charge in [0.2, 0.25) is 0 Å². The van der Waals surface area contributed by atoms with Gasteiger partial charge in [-0.25, -0.2) is 0 Å². The second-order valence-corrected chi connectivity index (χ2v) is 3.22. The summed E-state index contributed by atoms with van der Waals surface area (Å²) in [5.41, 5.74) is 0. The summed E-state index contributed by atoms with van der Waals surface area (Å²) in [6, 6.07) is 0. The molecule has 0 aliphatic rings. The Morgan fingerprint density at radius 2 is 1.75 bits per heavy atom. The Morgan fingerprint density at radius 1 is 1.00 bits per heavy atom. The number of rotatable bonds is 8. The van der Waals surface area contributed by atoms with Gasteiger partial charge in [0.15, 0.2) is 0 Å². The van der Waals surface area contributed by atoms with Crippen LogP contribution >= 0.6 is 0 Å². The van der Waals surface area contributed by atoms with Gasteiger partial charge in [-0.3, -0.25) is 0 Å². The molecule has 0 aliphatic carbocycles. The molecule has 1 N–H and O–H groups in total. The maximum Gasteiger partial charge on any atom is 0.0558 e. The summed E-state index contributed by atoms with van der Waals surface area (Å²) in [7, 11) is 0. The molecule has 0 amide bonds. The minimum absolute atomic E-state index is 0.293. The van der Waals surface area contributed by atoms with Crippen molar-refractivity contribution in [3.05, 3.63) is 0 Å². The molecule has 0 spiro atoms. The fourth-order valence-corrected chi connectivity index (χ4v) is 1.33. The predicted octanol–water partition coefficient (Wildman–Crippen LogP) is 1.88. The molecule has 0 aromatic rings. The molecule has 0 saturated heterocycles. The predicted molar refractivity (Wildman–Crippen MR) is 53.3 cm³/mol. The zero-order chi connectivity index (χ0) is 9.23. The molecule has 12 heavy (non-hydrogen) atoms. The van der Waals surface area contributed by atoms with Gasteiger partial charge in [0.25, 0.3) is 0 Å². The number of aliphatic hydroxyl groups excluding tert-OH is 1. The molecule has 0 atom stereocenters. The zero-order valence-electron chi connectivity index (χ0n) is 8.55. The average Bonchev–Trinajstić information content (AvgIpc) is 2.10. The molecular formula is C10H23NO. The third kappa shape index (κ3) is 6.62. The summed E-state index contributed by atoms with van der Waals surface area (Å²) in [6.45, 7) is 7.72. The normalized spacial score (nSPS) is 11.0. The SMILES string of the molecule is CCCCCCN(CC)CCO. The van der Waals surface area contributed by atoms with Crippen LogP contribution in [-0.2, 0) is 0 Å². The largest absolute Gasteiger partial charge is 0.395 e. The first-order chi connectivity index (χ1) is 5.85. The Morgan fingerprint density at radius 3 is 2.25 bits per heavy atom. The van der Waals surface area contributed by atoms with Crippen LogP contribution < -0.4 is 0 Å². The highest BCUT2D eigenvalue weighted by molar-refractivity contribution is 4.54. The second-order valence-electron chi connectivity index (χ2n) is 3.22. The second kappa shape index (κ2) is 9.01. The lowest BCUT2D eigenvalue weighted by molar-refractivity contribution is 0.199. The maximum atomic E-state index is 8.73. The molecule has 0 aliphatic heterocycles. The van der Waals surface area contributed by atoms with Crippen molar-refractivity contribution in [2.45, 2.75) is 39.5 Å². The van der Waals surface area contributed by atoms with E-state index in [1.165, 1.54) is 25.7 Å². The van der Waals surface area contributed by atoms with E-state index in [0.717, 1.165) is 19.6 Å². The van der Waals surface area contributed by atoms with E-state index in [2.05, 4.69) is 18.7 Å². The fraction of sp³-hybridized carbons (Fsp3) is 1.00. The lowest BCUT2D eigenvalue weighted by Crippen LogP contribution is -2.27. The summed E-state index contributed by atoms with van der Waals surface area (Å²) in [4.78, 5) is 2.30. The Labute approximate surface area is 76.6 Å². The molecule has 0 aromatic carbocycles. The van der Waals surface area contributed by atoms with E-state index in [1.807, 2.05) is 0 Å². The van der Waals surface area contributed by atoms with Crippen LogP contribution in [0.2, 0.25) is 0 Å². The third-order valence-electron chi connectivity index (χ3n) is 2.19. The van der Waals surface area contributed by atoms with Crippen LogP contribution in [0.5, 0.6) is 0 Å². The molecule has 0 heterocycles. The number of nitrogens with zero attached hydrogens (tertiary/aromatic N) is 1. The lowest BCUT2D eigenvalue weighted by Gasteiger charge is -2.18. The van der Waals surface area contributed by atoms with Crippen molar-refractivity contribution < 1.29 is 5.11 Å². The van der Waals surface area contributed by atoms with Gasteiger partial charge in [0, 0.05) is 6.54 Å². The minimum Gasteiger partial charge on any atom is -0.395 e. The molecule has 0 bridgehead atoms. The van der Waals surface area contributed by atoms with Gasteiger partial charge in [-0.2, -0.15) is 0 Å². The average molecular weight is 173 g/mol. The van der Waals surface area contributed by atoms with Gasteiger partial charge < -0.3 is 10.0 Å². The Kier molecular flexibility index (Phi) is 8.95. The number of hydrogen-bond acceptors (Lipinski definition) is 2. The summed E-state index contributed by atoms with van der Waals surface area (Å²) >= 11 is 0. The molecule has 0 rings (SSSR count). The number of likely N-dealkylation sites (N-methyl/N-ethyl adjacent to an activating group) is 1. The minimum atomic E-state index is 0.293. The smallest absolute Gasteiger partial charge is 0.0558 e. The van der Waals surface area contributed by atoms with Crippen LogP contribution in [0.15, 0.2) is 0 Å². The molecule has 0 aromatic heterocycles. The van der Waals surface area contributed by atoms with E-state index in [0.29, 0.717) is 6.61 Å². The van der Waals surface area contributed by atoms with Gasteiger partial charge >= 0.3 is 0 Å². The van der Waals surface area contributed by atoms with Crippen molar-refractivity contribution in [2.24, 2.45) is 0 Å². The highest BCUT2D eigenvalue weighted by Crippen LogP contribution is 2.00. The van der Waals surface area contributed by atoms with E-state index >= 15 is 0 Å². The van der Waals surface area contributed by atoms with Crippen molar-refractivity contribution in [3.63, 3.8) is 0 Å². The van der Waals surface area contributed by atoms with Crippen molar-refractivity contribution in [1.82, 2.24) is 4.90 Å². The standard InChI is InChI=1S/C10H23NO/c1-3-5-6-7-8-11(4-2)9-10-12/h12H,3-10H2,1-2H3. The van der Waals surface area contributed by atoms with Crippen molar-refractivity contribution >= 4 is 0 Å². The summed E-state index contributed by atoms with van der Waals surface area (Å²) < 4.78 is 0. The Balaban J connectivity index is 3.19. The van der Waals surface area contributed by atoms with Gasteiger partial charge in [-0.15, -0.1) is 0 Å². The van der Waals surface area contributed by atoms with Gasteiger partial charge in [0.1, 0.15) is 0 Å². The quantitative estimate of drug-likeness (QED) is 0.566. The van der Waals surface area contributed by atoms with Crippen molar-refractivity contribution in [3.8, 4) is 0 Å². The van der Waals surface area contributed by atoms with Gasteiger partial charge in [-0.05, 0) is 19.5 Å². The summed E-state index contributed by atoms with van der Waals surface area (Å²) in [6.07, 6.45) is 5.25. The van der Waals surface area contributed by atoms with Crippen LogP contribution in [0.1, 0.15) is 39.5 Å². The van der Waals surface area contributed by atoms with E-state index in [1.54, 1.807) is 0 Å². The monoisotopic (exact) mass is 173 g/mol. The van der Waals surface area contributed by atoms with Gasteiger partial charge in [-0.1, -0.05) is 33.1 Å². The Bertz CT molecular complexity index is 85.9. The van der Waals surface area contributed by atoms with E-state index in [-0.39, 0.29) is 0 Å². The lowest BCUT2D eigenvalue weighted by atomic mass is 10.2. The molecule has 0 saturated carbocycles. The van der Waals surface area contributed by atoms with Crippen LogP contribution in [0, 0.1) is 0 Å². The molecule has 74 valence electrons. The van der Waals surface area contributed by atoms with Gasteiger partial charge in [0.05, 0.1) is 6.61 Å². The highest BCUT2D eigenvalue weighted by Gasteiger charge is 1.99. The first kappa shape index (κ1) is 11.9. The van der Waals surface area contributed by atoms with Crippen molar-refractivity contribution in [1.29, 1.82) is 0 Å². The first-order valence-corrected chi connectivity index (χ1v) is 5.18. The summed E-state index contributed by atoms with van der Waals surface area (Å²) in [5.74, 6) is 0. The first-order valence-electron chi connectivity index (χ1n) is 5.18. The topological polar surface area (TPSA) is 23.5 Å². The van der Waals surface area contributed by atoms with E-state index < -0.39 is 0 Å². The van der Waals surface area contributed by atoms with Crippen LogP contribution in [0.3, 0.4) is 0 Å². The molecule has 0 unspecified atom stereocenters. The summed E-state index contributed by atoms with van der Waals surface area (Å²) in [5, 5.41) is 8.73. The number of unbranched alkanes of at least 4 members (excludes halogenated alkanes) is 3. The molecule has 0 fully saturated rings. The van der Waals surface area contributed by atoms with Crippen molar-refractivity contribution in [2.75, 3.05) is 26.2 Å². The van der Waals surface area contributed by atoms with Crippen LogP contribution in [-0.4, -0.2) is 36.2 Å². The molecule has 2 heteroatoms. The fourth-order valence-electron chi connectivity index (χ4n) is 1.33. The highest BCUT2D eigenvalue weighted by atomic mass is 16.3. The Hall–Kier alpha value is -0.0800. The van der Waals surface area contributed by atoms with Crippen LogP contribution in [0.25, 0.3) is 0 Å². The van der Waals surface area contributed by atoms with E-state index in [4.69, 9.17) is 5.11 Å². The number of aliphatic hydroxyl groups is 1. The van der Waals surface area contributed by atoms with Crippen LogP contribution in [0.4, 0.5) is 0 Å². The third-order valence-corrected chi connectivity index (χ3v) is 2.19. The molecule has 2 nitrogen and oxygen atoms in total. The molecule has 0 radical (unpaired) electrons. The molecular weight excluding hydrogens is 150 g/mol.